The van der Waals surface area contributed by atoms with Crippen molar-refractivity contribution in [2.75, 3.05) is 6.54 Å². The minimum Gasteiger partial charge on any atom is -0.626 e. The molecule has 0 saturated heterocycles. The van der Waals surface area contributed by atoms with Crippen molar-refractivity contribution < 1.29 is 54.2 Å². The maximum atomic E-state index is 11.9. The van der Waals surface area contributed by atoms with Crippen molar-refractivity contribution >= 4 is 21.9 Å². The normalized spacial score (nSPS) is 17.9. The molecule has 8 N–H and O–H groups in total. The second-order valence-electron chi connectivity index (χ2n) is 3.90. The lowest BCUT2D eigenvalue weighted by atomic mass is 10.6. The number of aromatic nitrogens is 2. The molecule has 1 aromatic rings. The van der Waals surface area contributed by atoms with Crippen LogP contribution in [0.15, 0.2) is 18.7 Å². The molecule has 21 heavy (non-hydrogen) atoms. The van der Waals surface area contributed by atoms with Gasteiger partial charge in [-0.05, 0) is 0 Å². The lowest BCUT2D eigenvalue weighted by Gasteiger charge is -2.36. The van der Waals surface area contributed by atoms with Crippen molar-refractivity contribution in [1.29, 1.82) is 0 Å². The average molecular weight is 347 g/mol. The van der Waals surface area contributed by atoms with E-state index in [-0.39, 0.29) is 0 Å². The molecular formula is C7H15N3O9P2+2. The summed E-state index contributed by atoms with van der Waals surface area (Å²) < 4.78 is 4.87. The maximum Gasteiger partial charge on any atom is 0.415 e. The highest BCUT2D eigenvalue weighted by Gasteiger charge is 2.72. The molecule has 0 aromatic carbocycles. The van der Waals surface area contributed by atoms with E-state index in [1.54, 1.807) is 0 Å². The predicted molar refractivity (Wildman–Crippen MR) is 61.4 cm³/mol. The van der Waals surface area contributed by atoms with Gasteiger partial charge in [-0.1, -0.05) is 0 Å². The van der Waals surface area contributed by atoms with Gasteiger partial charge in [0.15, 0.2) is 6.54 Å². The first-order chi connectivity index (χ1) is 9.53. The fourth-order valence-electron chi connectivity index (χ4n) is 1.20. The summed E-state index contributed by atoms with van der Waals surface area (Å²) in [5, 5.41) is 6.48. The Balaban J connectivity index is 3.02. The second-order valence-corrected chi connectivity index (χ2v) is 8.01. The molecule has 14 heteroatoms. The first-order valence-electron chi connectivity index (χ1n) is 5.34. The number of imidazole rings is 1. The van der Waals surface area contributed by atoms with Gasteiger partial charge in [0.2, 0.25) is 12.9 Å². The Morgan fingerprint density at radius 3 is 2.48 bits per heavy atom. The molecule has 1 rings (SSSR count). The van der Waals surface area contributed by atoms with Crippen molar-refractivity contribution in [3.05, 3.63) is 18.7 Å². The Hall–Kier alpha value is -0.780. The van der Waals surface area contributed by atoms with Crippen molar-refractivity contribution in [2.24, 2.45) is 0 Å². The van der Waals surface area contributed by atoms with Gasteiger partial charge in [0.05, 0.1) is 0 Å². The average Bonchev–Trinajstić information content (AvgIpc) is 2.87. The number of H-pyrrole nitrogens is 1. The molecule has 0 radical (unpaired) electrons. The van der Waals surface area contributed by atoms with Crippen LogP contribution in [0.1, 0.15) is 0 Å². The summed E-state index contributed by atoms with van der Waals surface area (Å²) in [7, 11) is -11.0. The zero-order valence-electron chi connectivity index (χ0n) is 10.5. The zero-order chi connectivity index (χ0) is 16.3. The maximum absolute atomic E-state index is 11.9. The molecule has 0 fully saturated rings. The Morgan fingerprint density at radius 2 is 2.05 bits per heavy atom. The van der Waals surface area contributed by atoms with Crippen LogP contribution < -0.4 is 20.1 Å². The summed E-state index contributed by atoms with van der Waals surface area (Å²) in [4.78, 5) is 68.4. The first kappa shape index (κ1) is 18.3. The first-order valence-corrected chi connectivity index (χ1v) is 8.53. The number of carbonyl (C=O) groups excluding carboxylic acids is 1. The summed E-state index contributed by atoms with van der Waals surface area (Å²) >= 11 is 0. The highest BCUT2D eigenvalue weighted by Crippen LogP contribution is 2.74. The molecule has 0 aliphatic carbocycles. The van der Waals surface area contributed by atoms with E-state index in [0.29, 0.717) is 0 Å². The highest BCUT2D eigenvalue weighted by atomic mass is 31.3. The summed E-state index contributed by atoms with van der Waals surface area (Å²) in [6, 6.07) is 0. The topological polar surface area (TPSA) is 210 Å². The number of carbonyl (C=O) groups is 1. The molecule has 0 bridgehead atoms. The molecule has 0 saturated carbocycles. The van der Waals surface area contributed by atoms with Gasteiger partial charge in [0.1, 0.15) is 12.4 Å². The lowest BCUT2D eigenvalue weighted by Crippen LogP contribution is -2.56. The predicted octanol–water partition coefficient (Wildman–Crippen LogP) is -5.11. The molecule has 0 amide bonds. The van der Waals surface area contributed by atoms with Crippen LogP contribution in [-0.2, 0) is 20.9 Å². The number of nitrogens with one attached hydrogen (secondary N) is 1. The van der Waals surface area contributed by atoms with Crippen LogP contribution in [0.5, 0.6) is 0 Å². The van der Waals surface area contributed by atoms with Crippen LogP contribution in [0.3, 0.4) is 0 Å². The smallest absolute Gasteiger partial charge is 0.415 e. The van der Waals surface area contributed by atoms with E-state index in [0.717, 1.165) is 4.57 Å². The monoisotopic (exact) mass is 347 g/mol. The third-order valence-corrected chi connectivity index (χ3v) is 6.29. The number of aromatic amines is 1. The molecule has 120 valence electrons. The van der Waals surface area contributed by atoms with E-state index in [4.69, 9.17) is 9.79 Å². The third-order valence-electron chi connectivity index (χ3n) is 2.35. The lowest BCUT2D eigenvalue weighted by molar-refractivity contribution is -0.703. The van der Waals surface area contributed by atoms with Gasteiger partial charge < -0.3 is 20.6 Å². The molecular weight excluding hydrogens is 332 g/mol. The van der Waals surface area contributed by atoms with Gasteiger partial charge in [-0.3, -0.25) is 9.87 Å². The quantitative estimate of drug-likeness (QED) is 0.120. The molecule has 0 aliphatic heterocycles. The SMILES string of the molecule is [NH3+]CC(=O)OO[P+]([O-])(O)C(O)(C[n+]1cc[nH]c1)[P+]([O-])(O)O. The number of hydrogen-bond acceptors (Lipinski definition) is 9. The van der Waals surface area contributed by atoms with E-state index < -0.39 is 40.0 Å². The minimum absolute atomic E-state index is 0.457. The standard InChI is InChI=1S/C7H13N3O9P2/c8-3-6(11)18-19-21(16,17)7(12,20(13,14)15)4-10-2-1-9-5-10/h1-2,5,12H,3-4,8H2,(H3,13,14,15,16,17)/p+2. The van der Waals surface area contributed by atoms with Gasteiger partial charge in [-0.15, -0.1) is 0 Å². The zero-order valence-corrected chi connectivity index (χ0v) is 12.3. The second kappa shape index (κ2) is 6.55. The Bertz CT molecular complexity index is 476. The van der Waals surface area contributed by atoms with Crippen molar-refractivity contribution in [1.82, 2.24) is 4.98 Å². The van der Waals surface area contributed by atoms with Crippen LogP contribution in [0.4, 0.5) is 0 Å². The summed E-state index contributed by atoms with van der Waals surface area (Å²) in [5.41, 5.74) is 3.11. The molecule has 0 spiro atoms. The van der Waals surface area contributed by atoms with Gasteiger partial charge >= 0.3 is 26.9 Å². The summed E-state index contributed by atoms with van der Waals surface area (Å²) in [6.07, 6.45) is 3.75. The molecule has 1 aromatic heterocycles. The molecule has 12 nitrogen and oxygen atoms in total. The summed E-state index contributed by atoms with van der Waals surface area (Å²) in [5.74, 6) is -1.16. The van der Waals surface area contributed by atoms with Crippen LogP contribution in [0, 0.1) is 0 Å². The Labute approximate surface area is 119 Å². The number of quaternary nitrogens is 1. The largest absolute Gasteiger partial charge is 0.626 e. The number of hydrogen-bond donors (Lipinski definition) is 6. The van der Waals surface area contributed by atoms with Crippen LogP contribution in [0.2, 0.25) is 0 Å². The molecule has 2 unspecified atom stereocenters. The van der Waals surface area contributed by atoms with Crippen LogP contribution in [-0.4, -0.2) is 42.4 Å². The summed E-state index contributed by atoms with van der Waals surface area (Å²) in [6.45, 7) is -1.45. The highest BCUT2D eigenvalue weighted by molar-refractivity contribution is 7.77. The van der Waals surface area contributed by atoms with E-state index in [1.807, 2.05) is 0 Å². The van der Waals surface area contributed by atoms with Crippen molar-refractivity contribution in [3.63, 3.8) is 0 Å². The van der Waals surface area contributed by atoms with Crippen molar-refractivity contribution in [2.45, 2.75) is 11.6 Å². The third kappa shape index (κ3) is 4.11. The van der Waals surface area contributed by atoms with E-state index in [9.17, 15) is 24.6 Å². The fraction of sp³-hybridized carbons (Fsp3) is 0.429. The molecule has 2 atom stereocenters. The Morgan fingerprint density at radius 1 is 1.43 bits per heavy atom. The fourth-order valence-corrected chi connectivity index (χ4v) is 3.61. The minimum atomic E-state index is -5.54. The molecule has 0 aliphatic rings. The van der Waals surface area contributed by atoms with Crippen LogP contribution >= 0.6 is 15.9 Å². The number of aliphatic hydroxyl groups is 1. The number of nitrogens with zero attached hydrogens (tertiary/aromatic N) is 1. The van der Waals surface area contributed by atoms with Gasteiger partial charge in [-0.2, -0.15) is 0 Å². The van der Waals surface area contributed by atoms with Gasteiger partial charge in [0, 0.05) is 4.67 Å². The number of rotatable bonds is 7. The van der Waals surface area contributed by atoms with E-state index >= 15 is 0 Å². The molecule has 1 heterocycles. The van der Waals surface area contributed by atoms with Crippen LogP contribution in [0.25, 0.3) is 0 Å². The van der Waals surface area contributed by atoms with Crippen molar-refractivity contribution in [3.8, 4) is 0 Å². The van der Waals surface area contributed by atoms with E-state index in [1.165, 1.54) is 18.7 Å². The van der Waals surface area contributed by atoms with E-state index in [2.05, 4.69) is 20.3 Å². The van der Waals surface area contributed by atoms with Gasteiger partial charge in [0.25, 0.3) is 0 Å². The van der Waals surface area contributed by atoms with Gasteiger partial charge in [-0.25, -0.2) is 24.0 Å². The Kier molecular flexibility index (Phi) is 5.69.